The summed E-state index contributed by atoms with van der Waals surface area (Å²) < 4.78 is 1.74. The fraction of sp³-hybridized carbons (Fsp3) is 0.353. The van der Waals surface area contributed by atoms with E-state index in [0.717, 1.165) is 16.9 Å². The number of carbonyl (C=O) groups excluding carboxylic acids is 1. The summed E-state index contributed by atoms with van der Waals surface area (Å²) in [6, 6.07) is 7.82. The van der Waals surface area contributed by atoms with Crippen molar-refractivity contribution in [1.82, 2.24) is 14.7 Å². The minimum absolute atomic E-state index is 0.0649. The standard InChI is InChI=1S/C17H21N3O3/c1-4-19(10-9-16(21)22)17(23)14-11-18-20(13(14)3)15-8-6-5-7-12(15)2/h5-8,11H,4,9-10H2,1-3H3,(H,21,22). The summed E-state index contributed by atoms with van der Waals surface area (Å²) in [6.45, 7) is 6.32. The number of aromatic nitrogens is 2. The van der Waals surface area contributed by atoms with Crippen molar-refractivity contribution in [3.8, 4) is 5.69 Å². The first kappa shape index (κ1) is 16.7. The van der Waals surface area contributed by atoms with Gasteiger partial charge in [0.25, 0.3) is 5.91 Å². The summed E-state index contributed by atoms with van der Waals surface area (Å²) in [5.41, 5.74) is 3.24. The minimum Gasteiger partial charge on any atom is -0.481 e. The fourth-order valence-electron chi connectivity index (χ4n) is 2.47. The fourth-order valence-corrected chi connectivity index (χ4v) is 2.47. The molecule has 1 aromatic heterocycles. The van der Waals surface area contributed by atoms with Gasteiger partial charge in [-0.2, -0.15) is 5.10 Å². The van der Waals surface area contributed by atoms with Crippen molar-refractivity contribution in [2.24, 2.45) is 0 Å². The average molecular weight is 315 g/mol. The third kappa shape index (κ3) is 3.59. The molecule has 23 heavy (non-hydrogen) atoms. The highest BCUT2D eigenvalue weighted by Crippen LogP contribution is 2.18. The van der Waals surface area contributed by atoms with Gasteiger partial charge >= 0.3 is 5.97 Å². The number of hydrogen-bond acceptors (Lipinski definition) is 3. The second kappa shape index (κ2) is 7.09. The highest BCUT2D eigenvalue weighted by Gasteiger charge is 2.21. The Morgan fingerprint density at radius 3 is 2.57 bits per heavy atom. The van der Waals surface area contributed by atoms with Gasteiger partial charge in [-0.05, 0) is 32.4 Å². The molecule has 0 aliphatic heterocycles. The lowest BCUT2D eigenvalue weighted by molar-refractivity contribution is -0.137. The summed E-state index contributed by atoms with van der Waals surface area (Å²) >= 11 is 0. The molecule has 0 bridgehead atoms. The van der Waals surface area contributed by atoms with Crippen LogP contribution >= 0.6 is 0 Å². The zero-order valence-corrected chi connectivity index (χ0v) is 13.6. The first-order valence-corrected chi connectivity index (χ1v) is 7.57. The number of para-hydroxylation sites is 1. The van der Waals surface area contributed by atoms with Crippen molar-refractivity contribution in [3.05, 3.63) is 47.3 Å². The molecule has 0 saturated carbocycles. The van der Waals surface area contributed by atoms with E-state index in [2.05, 4.69) is 5.10 Å². The zero-order valence-electron chi connectivity index (χ0n) is 13.6. The molecule has 6 heteroatoms. The quantitative estimate of drug-likeness (QED) is 0.888. The predicted molar refractivity (Wildman–Crippen MR) is 86.9 cm³/mol. The first-order valence-electron chi connectivity index (χ1n) is 7.57. The maximum atomic E-state index is 12.6. The summed E-state index contributed by atoms with van der Waals surface area (Å²) in [7, 11) is 0. The molecule has 1 aromatic carbocycles. The van der Waals surface area contributed by atoms with E-state index in [-0.39, 0.29) is 18.9 Å². The Bertz CT molecular complexity index is 722. The molecule has 0 spiro atoms. The van der Waals surface area contributed by atoms with Crippen LogP contribution in [-0.4, -0.2) is 44.8 Å². The normalized spacial score (nSPS) is 10.6. The van der Waals surface area contributed by atoms with Crippen LogP contribution in [0.4, 0.5) is 0 Å². The van der Waals surface area contributed by atoms with E-state index in [0.29, 0.717) is 12.1 Å². The average Bonchev–Trinajstić information content (AvgIpc) is 2.89. The maximum Gasteiger partial charge on any atom is 0.305 e. The van der Waals surface area contributed by atoms with Gasteiger partial charge in [0.15, 0.2) is 0 Å². The van der Waals surface area contributed by atoms with Gasteiger partial charge in [-0.15, -0.1) is 0 Å². The van der Waals surface area contributed by atoms with Gasteiger partial charge in [0.05, 0.1) is 29.6 Å². The summed E-state index contributed by atoms with van der Waals surface area (Å²) in [6.07, 6.45) is 1.48. The molecule has 6 nitrogen and oxygen atoms in total. The van der Waals surface area contributed by atoms with Crippen molar-refractivity contribution in [3.63, 3.8) is 0 Å². The lowest BCUT2D eigenvalue weighted by Gasteiger charge is -2.19. The third-order valence-corrected chi connectivity index (χ3v) is 3.85. The van der Waals surface area contributed by atoms with Gasteiger partial charge in [0, 0.05) is 13.1 Å². The molecule has 1 amide bonds. The molecular formula is C17H21N3O3. The van der Waals surface area contributed by atoms with Crippen molar-refractivity contribution < 1.29 is 14.7 Å². The SMILES string of the molecule is CCN(CCC(=O)O)C(=O)c1cnn(-c2ccccc2C)c1C. The maximum absolute atomic E-state index is 12.6. The Hall–Kier alpha value is -2.63. The number of amides is 1. The van der Waals surface area contributed by atoms with Gasteiger partial charge in [-0.3, -0.25) is 9.59 Å². The smallest absolute Gasteiger partial charge is 0.305 e. The second-order valence-corrected chi connectivity index (χ2v) is 5.37. The molecule has 0 atom stereocenters. The number of carboxylic acids is 1. The lowest BCUT2D eigenvalue weighted by atomic mass is 10.2. The molecule has 2 rings (SSSR count). The van der Waals surface area contributed by atoms with Crippen LogP contribution in [-0.2, 0) is 4.79 Å². The van der Waals surface area contributed by atoms with Gasteiger partial charge in [0.1, 0.15) is 0 Å². The number of aryl methyl sites for hydroxylation is 1. The van der Waals surface area contributed by atoms with Crippen LogP contribution in [0.15, 0.2) is 30.5 Å². The van der Waals surface area contributed by atoms with Gasteiger partial charge in [-0.1, -0.05) is 18.2 Å². The van der Waals surface area contributed by atoms with Crippen LogP contribution in [0, 0.1) is 13.8 Å². The third-order valence-electron chi connectivity index (χ3n) is 3.85. The second-order valence-electron chi connectivity index (χ2n) is 5.37. The van der Waals surface area contributed by atoms with Crippen molar-refractivity contribution in [2.45, 2.75) is 27.2 Å². The van der Waals surface area contributed by atoms with Crippen molar-refractivity contribution >= 4 is 11.9 Å². The molecule has 2 aromatic rings. The molecule has 1 N–H and O–H groups in total. The Morgan fingerprint density at radius 2 is 1.96 bits per heavy atom. The molecule has 0 saturated heterocycles. The molecule has 0 fully saturated rings. The monoisotopic (exact) mass is 315 g/mol. The van der Waals surface area contributed by atoms with E-state index in [4.69, 9.17) is 5.11 Å². The van der Waals surface area contributed by atoms with Crippen molar-refractivity contribution in [2.75, 3.05) is 13.1 Å². The molecule has 1 heterocycles. The van der Waals surface area contributed by atoms with Crippen LogP contribution in [0.1, 0.15) is 35.0 Å². The van der Waals surface area contributed by atoms with Gasteiger partial charge < -0.3 is 10.0 Å². The molecular weight excluding hydrogens is 294 g/mol. The molecule has 122 valence electrons. The van der Waals surface area contributed by atoms with E-state index in [1.807, 2.05) is 45.0 Å². The molecule has 0 aliphatic carbocycles. The molecule has 0 unspecified atom stereocenters. The Balaban J connectivity index is 2.29. The number of aliphatic carboxylic acids is 1. The van der Waals surface area contributed by atoms with Gasteiger partial charge in [-0.25, -0.2) is 4.68 Å². The molecule has 0 radical (unpaired) electrons. The number of hydrogen-bond donors (Lipinski definition) is 1. The van der Waals surface area contributed by atoms with E-state index in [9.17, 15) is 9.59 Å². The van der Waals surface area contributed by atoms with Crippen LogP contribution in [0.3, 0.4) is 0 Å². The summed E-state index contributed by atoms with van der Waals surface area (Å²) in [5, 5.41) is 13.1. The van der Waals surface area contributed by atoms with Crippen LogP contribution in [0.25, 0.3) is 5.69 Å². The van der Waals surface area contributed by atoms with Gasteiger partial charge in [0.2, 0.25) is 0 Å². The summed E-state index contributed by atoms with van der Waals surface area (Å²) in [4.78, 5) is 24.9. The van der Waals surface area contributed by atoms with Crippen LogP contribution in [0.2, 0.25) is 0 Å². The molecule has 0 aliphatic rings. The Labute approximate surface area is 135 Å². The highest BCUT2D eigenvalue weighted by atomic mass is 16.4. The Morgan fingerprint density at radius 1 is 1.26 bits per heavy atom. The number of carbonyl (C=O) groups is 2. The largest absolute Gasteiger partial charge is 0.481 e. The Kier molecular flexibility index (Phi) is 5.16. The van der Waals surface area contributed by atoms with E-state index in [1.54, 1.807) is 10.9 Å². The first-order chi connectivity index (χ1) is 11.0. The zero-order chi connectivity index (χ0) is 17.0. The number of nitrogens with zero attached hydrogens (tertiary/aromatic N) is 3. The van der Waals surface area contributed by atoms with E-state index in [1.165, 1.54) is 4.90 Å². The number of benzene rings is 1. The highest BCUT2D eigenvalue weighted by molar-refractivity contribution is 5.95. The van der Waals surface area contributed by atoms with Crippen LogP contribution in [0.5, 0.6) is 0 Å². The summed E-state index contributed by atoms with van der Waals surface area (Å²) in [5.74, 6) is -1.10. The minimum atomic E-state index is -0.913. The predicted octanol–water partition coefficient (Wildman–Crippen LogP) is 2.43. The van der Waals surface area contributed by atoms with E-state index >= 15 is 0 Å². The lowest BCUT2D eigenvalue weighted by Crippen LogP contribution is -2.33. The van der Waals surface area contributed by atoms with E-state index < -0.39 is 5.97 Å². The topological polar surface area (TPSA) is 75.4 Å². The van der Waals surface area contributed by atoms with Crippen LogP contribution < -0.4 is 0 Å². The number of carboxylic acid groups (broad SMARTS) is 1. The van der Waals surface area contributed by atoms with Crippen molar-refractivity contribution in [1.29, 1.82) is 0 Å². The number of rotatable bonds is 6.